The normalized spacial score (nSPS) is 11.3. The van der Waals surface area contributed by atoms with Gasteiger partial charge in [0.25, 0.3) is 0 Å². The van der Waals surface area contributed by atoms with Gasteiger partial charge in [-0.2, -0.15) is 5.10 Å². The van der Waals surface area contributed by atoms with Crippen LogP contribution in [0.25, 0.3) is 22.4 Å². The maximum absolute atomic E-state index is 4.67. The van der Waals surface area contributed by atoms with Crippen molar-refractivity contribution in [1.82, 2.24) is 19.7 Å². The molecule has 0 aliphatic heterocycles. The zero-order valence-corrected chi connectivity index (χ0v) is 12.0. The van der Waals surface area contributed by atoms with Crippen LogP contribution < -0.4 is 0 Å². The number of imidazole rings is 1. The van der Waals surface area contributed by atoms with Crippen molar-refractivity contribution in [1.29, 1.82) is 0 Å². The van der Waals surface area contributed by atoms with E-state index >= 15 is 0 Å². The summed E-state index contributed by atoms with van der Waals surface area (Å²) in [6, 6.07) is 4.12. The van der Waals surface area contributed by atoms with Crippen molar-refractivity contribution in [2.45, 2.75) is 13.8 Å². The van der Waals surface area contributed by atoms with E-state index in [4.69, 9.17) is 0 Å². The molecule has 0 fully saturated rings. The quantitative estimate of drug-likeness (QED) is 0.749. The van der Waals surface area contributed by atoms with Gasteiger partial charge in [0.15, 0.2) is 0 Å². The second kappa shape index (κ2) is 3.95. The standard InChI is InChI=1S/C13H13BrN4/c1-7-4-9(14)5-11-12(7)17-13(16-11)10-6-15-18(3)8(10)2/h4-6H,1-3H3,(H,16,17). The number of aromatic amines is 1. The molecule has 1 aromatic carbocycles. The first-order chi connectivity index (χ1) is 8.56. The van der Waals surface area contributed by atoms with Crippen molar-refractivity contribution in [2.24, 2.45) is 7.05 Å². The molecule has 0 aliphatic rings. The lowest BCUT2D eigenvalue weighted by molar-refractivity contribution is 0.740. The van der Waals surface area contributed by atoms with Crippen LogP contribution in [0.2, 0.25) is 0 Å². The zero-order chi connectivity index (χ0) is 12.9. The molecule has 3 aromatic rings. The minimum Gasteiger partial charge on any atom is -0.338 e. The van der Waals surface area contributed by atoms with Crippen LogP contribution >= 0.6 is 15.9 Å². The number of halogens is 1. The minimum atomic E-state index is 0.872. The van der Waals surface area contributed by atoms with Crippen LogP contribution in [-0.2, 0) is 7.05 Å². The zero-order valence-electron chi connectivity index (χ0n) is 10.5. The predicted octanol–water partition coefficient (Wildman–Crippen LogP) is 3.34. The van der Waals surface area contributed by atoms with Crippen molar-refractivity contribution >= 4 is 27.0 Å². The Morgan fingerprint density at radius 1 is 1.28 bits per heavy atom. The van der Waals surface area contributed by atoms with Crippen LogP contribution in [0.15, 0.2) is 22.8 Å². The van der Waals surface area contributed by atoms with Gasteiger partial charge in [0.1, 0.15) is 5.82 Å². The smallest absolute Gasteiger partial charge is 0.141 e. The van der Waals surface area contributed by atoms with Crippen LogP contribution in [0.5, 0.6) is 0 Å². The molecule has 2 heterocycles. The second-order valence-electron chi connectivity index (χ2n) is 4.47. The van der Waals surface area contributed by atoms with Gasteiger partial charge in [-0.05, 0) is 31.5 Å². The Balaban J connectivity index is 2.25. The van der Waals surface area contributed by atoms with Crippen LogP contribution in [-0.4, -0.2) is 19.7 Å². The molecule has 0 spiro atoms. The highest BCUT2D eigenvalue weighted by molar-refractivity contribution is 9.10. The maximum Gasteiger partial charge on any atom is 0.141 e. The molecular formula is C13H13BrN4. The molecule has 5 heteroatoms. The summed E-state index contributed by atoms with van der Waals surface area (Å²) in [4.78, 5) is 8.02. The fourth-order valence-corrected chi connectivity index (χ4v) is 2.68. The molecule has 0 saturated carbocycles. The minimum absolute atomic E-state index is 0.872. The highest BCUT2D eigenvalue weighted by Crippen LogP contribution is 2.27. The van der Waals surface area contributed by atoms with Gasteiger partial charge in [-0.1, -0.05) is 15.9 Å². The Kier molecular flexibility index (Phi) is 2.52. The number of hydrogen-bond acceptors (Lipinski definition) is 2. The fraction of sp³-hybridized carbons (Fsp3) is 0.231. The fourth-order valence-electron chi connectivity index (χ4n) is 2.11. The first kappa shape index (κ1) is 11.5. The van der Waals surface area contributed by atoms with E-state index in [1.165, 1.54) is 0 Å². The lowest BCUT2D eigenvalue weighted by Crippen LogP contribution is -1.92. The van der Waals surface area contributed by atoms with Gasteiger partial charge < -0.3 is 4.98 Å². The lowest BCUT2D eigenvalue weighted by Gasteiger charge is -1.95. The van der Waals surface area contributed by atoms with Gasteiger partial charge in [0, 0.05) is 17.2 Å². The molecule has 3 rings (SSSR count). The van der Waals surface area contributed by atoms with Crippen molar-refractivity contribution in [3.63, 3.8) is 0 Å². The van der Waals surface area contributed by atoms with E-state index in [9.17, 15) is 0 Å². The van der Waals surface area contributed by atoms with Crippen LogP contribution in [0.1, 0.15) is 11.3 Å². The number of rotatable bonds is 1. The SMILES string of the molecule is Cc1cc(Br)cc2[nH]c(-c3cnn(C)c3C)nc12. The average molecular weight is 305 g/mol. The molecule has 92 valence electrons. The average Bonchev–Trinajstić information content (AvgIpc) is 2.84. The molecule has 1 N–H and O–H groups in total. The summed E-state index contributed by atoms with van der Waals surface area (Å²) in [5, 5.41) is 4.25. The third-order valence-corrected chi connectivity index (χ3v) is 3.69. The topological polar surface area (TPSA) is 46.5 Å². The molecular weight excluding hydrogens is 292 g/mol. The molecule has 0 atom stereocenters. The van der Waals surface area contributed by atoms with E-state index in [1.54, 1.807) is 0 Å². The second-order valence-corrected chi connectivity index (χ2v) is 5.39. The van der Waals surface area contributed by atoms with Gasteiger partial charge in [0.05, 0.1) is 22.8 Å². The summed E-state index contributed by atoms with van der Waals surface area (Å²) in [5.74, 6) is 0.872. The van der Waals surface area contributed by atoms with Gasteiger partial charge in [-0.3, -0.25) is 4.68 Å². The molecule has 0 radical (unpaired) electrons. The van der Waals surface area contributed by atoms with E-state index in [0.717, 1.165) is 38.2 Å². The monoisotopic (exact) mass is 304 g/mol. The van der Waals surface area contributed by atoms with Crippen molar-refractivity contribution in [2.75, 3.05) is 0 Å². The van der Waals surface area contributed by atoms with Gasteiger partial charge in [0.2, 0.25) is 0 Å². The van der Waals surface area contributed by atoms with Gasteiger partial charge in [-0.15, -0.1) is 0 Å². The summed E-state index contributed by atoms with van der Waals surface area (Å²) < 4.78 is 2.91. The third kappa shape index (κ3) is 1.66. The molecule has 0 saturated heterocycles. The highest BCUT2D eigenvalue weighted by atomic mass is 79.9. The molecule has 18 heavy (non-hydrogen) atoms. The summed E-state index contributed by atoms with van der Waals surface area (Å²) in [6.45, 7) is 4.10. The Morgan fingerprint density at radius 2 is 2.06 bits per heavy atom. The Labute approximate surface area is 113 Å². The summed E-state index contributed by atoms with van der Waals surface area (Å²) >= 11 is 3.50. The number of hydrogen-bond donors (Lipinski definition) is 1. The number of fused-ring (bicyclic) bond motifs is 1. The van der Waals surface area contributed by atoms with Crippen molar-refractivity contribution < 1.29 is 0 Å². The largest absolute Gasteiger partial charge is 0.338 e. The summed E-state index contributed by atoms with van der Waals surface area (Å²) in [6.07, 6.45) is 1.84. The lowest BCUT2D eigenvalue weighted by atomic mass is 10.2. The molecule has 2 aromatic heterocycles. The maximum atomic E-state index is 4.67. The summed E-state index contributed by atoms with van der Waals surface area (Å²) in [7, 11) is 1.93. The van der Waals surface area contributed by atoms with Crippen molar-refractivity contribution in [3.05, 3.63) is 34.1 Å². The Bertz CT molecular complexity index is 739. The Morgan fingerprint density at radius 3 is 2.72 bits per heavy atom. The Hall–Kier alpha value is -1.62. The van der Waals surface area contributed by atoms with Crippen LogP contribution in [0.4, 0.5) is 0 Å². The number of benzene rings is 1. The highest BCUT2D eigenvalue weighted by Gasteiger charge is 2.12. The van der Waals surface area contributed by atoms with E-state index < -0.39 is 0 Å². The first-order valence-electron chi connectivity index (χ1n) is 5.71. The molecule has 0 bridgehead atoms. The van der Waals surface area contributed by atoms with Crippen LogP contribution in [0, 0.1) is 13.8 Å². The molecule has 4 nitrogen and oxygen atoms in total. The molecule has 0 unspecified atom stereocenters. The molecule has 0 amide bonds. The van der Waals surface area contributed by atoms with Gasteiger partial charge in [-0.25, -0.2) is 4.98 Å². The van der Waals surface area contributed by atoms with Gasteiger partial charge >= 0.3 is 0 Å². The number of nitrogens with zero attached hydrogens (tertiary/aromatic N) is 3. The first-order valence-corrected chi connectivity index (χ1v) is 6.50. The number of nitrogens with one attached hydrogen (secondary N) is 1. The summed E-state index contributed by atoms with van der Waals surface area (Å²) in [5.41, 5.74) is 5.36. The van der Waals surface area contributed by atoms with E-state index in [1.807, 2.05) is 30.9 Å². The van der Waals surface area contributed by atoms with E-state index in [2.05, 4.69) is 44.0 Å². The van der Waals surface area contributed by atoms with Crippen LogP contribution in [0.3, 0.4) is 0 Å². The number of aromatic nitrogens is 4. The van der Waals surface area contributed by atoms with E-state index in [-0.39, 0.29) is 0 Å². The number of aryl methyl sites for hydroxylation is 2. The molecule has 0 aliphatic carbocycles. The number of H-pyrrole nitrogens is 1. The van der Waals surface area contributed by atoms with Crippen molar-refractivity contribution in [3.8, 4) is 11.4 Å². The predicted molar refractivity (Wildman–Crippen MR) is 75.5 cm³/mol. The van der Waals surface area contributed by atoms with E-state index in [0.29, 0.717) is 0 Å². The third-order valence-electron chi connectivity index (χ3n) is 3.23.